The number of esters is 2. The van der Waals surface area contributed by atoms with Crippen molar-refractivity contribution in [2.75, 3.05) is 6.61 Å². The van der Waals surface area contributed by atoms with E-state index in [1.807, 2.05) is 0 Å². The van der Waals surface area contributed by atoms with Crippen LogP contribution in [-0.4, -0.2) is 32.9 Å². The van der Waals surface area contributed by atoms with Gasteiger partial charge in [-0.05, 0) is 19.3 Å². The van der Waals surface area contributed by atoms with Crippen LogP contribution in [0, 0.1) is 0 Å². The smallest absolute Gasteiger partial charge is 0.346 e. The first-order valence-electron chi connectivity index (χ1n) is 9.18. The Labute approximate surface area is 142 Å². The van der Waals surface area contributed by atoms with Crippen LogP contribution in [0.2, 0.25) is 19.1 Å². The van der Waals surface area contributed by atoms with Gasteiger partial charge in [0.15, 0.2) is 5.60 Å². The Kier molecular flexibility index (Phi) is 9.71. The van der Waals surface area contributed by atoms with Crippen molar-refractivity contribution >= 4 is 20.7 Å². The van der Waals surface area contributed by atoms with E-state index in [0.717, 1.165) is 25.7 Å². The molecule has 1 rings (SSSR count). The van der Waals surface area contributed by atoms with Gasteiger partial charge in [-0.1, -0.05) is 64.6 Å². The molecular weight excluding hydrogens is 308 g/mol. The molecule has 1 unspecified atom stereocenters. The molecule has 0 amide bonds. The van der Waals surface area contributed by atoms with Crippen LogP contribution in [0.5, 0.6) is 0 Å². The van der Waals surface area contributed by atoms with Crippen LogP contribution < -0.4 is 0 Å². The zero-order valence-electron chi connectivity index (χ0n) is 15.1. The minimum Gasteiger partial charge on any atom is -0.391 e. The molecule has 0 aromatic heterocycles. The van der Waals surface area contributed by atoms with Crippen molar-refractivity contribution in [1.29, 1.82) is 0 Å². The Bertz CT molecular complexity index is 370. The first kappa shape index (κ1) is 20.4. The van der Waals surface area contributed by atoms with Crippen molar-refractivity contribution in [1.82, 2.24) is 0 Å². The molecule has 23 heavy (non-hydrogen) atoms. The van der Waals surface area contributed by atoms with E-state index < -0.39 is 17.5 Å². The second-order valence-corrected chi connectivity index (χ2v) is 9.88. The van der Waals surface area contributed by atoms with Gasteiger partial charge in [0.05, 0.1) is 6.42 Å². The van der Waals surface area contributed by atoms with Crippen LogP contribution in [0.1, 0.15) is 71.1 Å². The quantitative estimate of drug-likeness (QED) is 0.214. The molecule has 1 heterocycles. The molecule has 133 valence electrons. The van der Waals surface area contributed by atoms with Crippen LogP contribution in [0.25, 0.3) is 0 Å². The molecule has 1 aliphatic heterocycles. The summed E-state index contributed by atoms with van der Waals surface area (Å²) < 4.78 is 10.5. The highest BCUT2D eigenvalue weighted by Gasteiger charge is 2.49. The van der Waals surface area contributed by atoms with Gasteiger partial charge < -0.3 is 9.47 Å². The Morgan fingerprint density at radius 2 is 1.70 bits per heavy atom. The molecule has 0 aliphatic carbocycles. The topological polar surface area (TPSA) is 52.6 Å². The van der Waals surface area contributed by atoms with Crippen LogP contribution >= 0.6 is 0 Å². The fourth-order valence-electron chi connectivity index (χ4n) is 2.92. The lowest BCUT2D eigenvalue weighted by atomic mass is 9.93. The van der Waals surface area contributed by atoms with Gasteiger partial charge >= 0.3 is 11.9 Å². The van der Waals surface area contributed by atoms with E-state index in [0.29, 0.717) is 13.0 Å². The summed E-state index contributed by atoms with van der Waals surface area (Å²) in [5.41, 5.74) is -0.992. The van der Waals surface area contributed by atoms with E-state index in [2.05, 4.69) is 20.0 Å². The lowest BCUT2D eigenvalue weighted by Gasteiger charge is -2.24. The van der Waals surface area contributed by atoms with Crippen LogP contribution in [0.4, 0.5) is 0 Å². The molecule has 1 saturated heterocycles. The third kappa shape index (κ3) is 7.62. The molecule has 5 heteroatoms. The van der Waals surface area contributed by atoms with E-state index in [1.165, 1.54) is 31.7 Å². The highest BCUT2D eigenvalue weighted by Crippen LogP contribution is 2.32. The van der Waals surface area contributed by atoms with Gasteiger partial charge in [-0.25, -0.2) is 4.79 Å². The summed E-state index contributed by atoms with van der Waals surface area (Å²) >= 11 is 0. The molecule has 0 aromatic rings. The van der Waals surface area contributed by atoms with Gasteiger partial charge in [0.2, 0.25) is 0 Å². The van der Waals surface area contributed by atoms with Gasteiger partial charge in [-0.2, -0.15) is 0 Å². The maximum absolute atomic E-state index is 12.0. The molecule has 0 spiro atoms. The number of hydrogen-bond acceptors (Lipinski definition) is 4. The number of carbonyl (C=O) groups excluding carboxylic acids is 2. The summed E-state index contributed by atoms with van der Waals surface area (Å²) in [7, 11) is -0.0726. The van der Waals surface area contributed by atoms with Gasteiger partial charge in [0, 0.05) is 15.4 Å². The van der Waals surface area contributed by atoms with E-state index >= 15 is 0 Å². The van der Waals surface area contributed by atoms with Crippen molar-refractivity contribution in [3.63, 3.8) is 0 Å². The van der Waals surface area contributed by atoms with E-state index in [4.69, 9.17) is 9.47 Å². The molecule has 0 N–H and O–H groups in total. The van der Waals surface area contributed by atoms with Gasteiger partial charge in [-0.15, -0.1) is 0 Å². The Morgan fingerprint density at radius 3 is 2.26 bits per heavy atom. The molecular formula is C18H33O4Si. The summed E-state index contributed by atoms with van der Waals surface area (Å²) in [5, 5.41) is 0. The van der Waals surface area contributed by atoms with Crippen molar-refractivity contribution in [3.8, 4) is 0 Å². The fourth-order valence-corrected chi connectivity index (χ4v) is 3.88. The standard InChI is InChI=1S/C18H33O4Si/c1-4-5-13-21-18(15-16(19)22-17(18)20)12-10-8-6-7-9-11-14-23(2)3/h4-15H2,1-3H3. The SMILES string of the molecule is CCCCOC1(CCCCCCCC[Si](C)C)CC(=O)OC1=O. The molecule has 0 aromatic carbocycles. The Morgan fingerprint density at radius 1 is 1.04 bits per heavy atom. The summed E-state index contributed by atoms with van der Waals surface area (Å²) in [6, 6.07) is 1.41. The minimum atomic E-state index is -0.992. The van der Waals surface area contributed by atoms with Crippen molar-refractivity contribution in [2.24, 2.45) is 0 Å². The lowest BCUT2D eigenvalue weighted by molar-refractivity contribution is -0.163. The molecule has 1 atom stereocenters. The van der Waals surface area contributed by atoms with Gasteiger partial charge in [0.1, 0.15) is 0 Å². The van der Waals surface area contributed by atoms with Crippen LogP contribution in [0.15, 0.2) is 0 Å². The average molecular weight is 342 g/mol. The van der Waals surface area contributed by atoms with E-state index in [1.54, 1.807) is 0 Å². The first-order valence-corrected chi connectivity index (χ1v) is 11.9. The molecule has 0 bridgehead atoms. The van der Waals surface area contributed by atoms with Gasteiger partial charge in [0.25, 0.3) is 0 Å². The zero-order chi connectivity index (χ0) is 17.1. The predicted octanol–water partition coefficient (Wildman–Crippen LogP) is 4.50. The summed E-state index contributed by atoms with van der Waals surface area (Å²) in [5.74, 6) is -0.914. The molecule has 4 nitrogen and oxygen atoms in total. The number of rotatable bonds is 13. The normalized spacial score (nSPS) is 21.2. The van der Waals surface area contributed by atoms with Crippen LogP contribution in [0.3, 0.4) is 0 Å². The highest BCUT2D eigenvalue weighted by atomic mass is 28.3. The van der Waals surface area contributed by atoms with Crippen LogP contribution in [-0.2, 0) is 19.1 Å². The minimum absolute atomic E-state index is 0.0726. The monoisotopic (exact) mass is 341 g/mol. The summed E-state index contributed by atoms with van der Waals surface area (Å²) in [4.78, 5) is 23.4. The number of cyclic esters (lactones) is 2. The number of hydrogen-bond donors (Lipinski definition) is 0. The second-order valence-electron chi connectivity index (χ2n) is 6.96. The third-order valence-electron chi connectivity index (χ3n) is 4.39. The Hall–Kier alpha value is -0.683. The fraction of sp³-hybridized carbons (Fsp3) is 0.889. The third-order valence-corrected chi connectivity index (χ3v) is 5.75. The second kappa shape index (κ2) is 11.0. The average Bonchev–Trinajstić information content (AvgIpc) is 2.76. The molecule has 1 fully saturated rings. The first-order chi connectivity index (χ1) is 11.0. The maximum Gasteiger partial charge on any atom is 0.346 e. The van der Waals surface area contributed by atoms with Gasteiger partial charge in [-0.3, -0.25) is 4.79 Å². The molecule has 1 radical (unpaired) electrons. The van der Waals surface area contributed by atoms with E-state index in [9.17, 15) is 9.59 Å². The maximum atomic E-state index is 12.0. The van der Waals surface area contributed by atoms with Crippen molar-refractivity contribution in [3.05, 3.63) is 0 Å². The largest absolute Gasteiger partial charge is 0.391 e. The van der Waals surface area contributed by atoms with Crippen molar-refractivity contribution < 1.29 is 19.1 Å². The van der Waals surface area contributed by atoms with E-state index in [-0.39, 0.29) is 15.2 Å². The lowest BCUT2D eigenvalue weighted by Crippen LogP contribution is -2.38. The summed E-state index contributed by atoms with van der Waals surface area (Å²) in [6.45, 7) is 7.33. The molecule has 1 aliphatic rings. The zero-order valence-corrected chi connectivity index (χ0v) is 16.1. The number of unbranched alkanes of at least 4 members (excludes halogenated alkanes) is 6. The molecule has 0 saturated carbocycles. The number of carbonyl (C=O) groups is 2. The highest BCUT2D eigenvalue weighted by molar-refractivity contribution is 6.55. The summed E-state index contributed by atoms with van der Waals surface area (Å²) in [6.07, 6.45) is 9.76. The Balaban J connectivity index is 2.24. The predicted molar refractivity (Wildman–Crippen MR) is 93.9 cm³/mol. The number of ether oxygens (including phenoxy) is 2. The van der Waals surface area contributed by atoms with Crippen molar-refractivity contribution in [2.45, 2.75) is 95.9 Å².